The molecule has 0 aliphatic carbocycles. The largest absolute Gasteiger partial charge is 0.479 e. The maximum Gasteiger partial charge on any atom is 0.250 e. The molecule has 0 spiro atoms. The minimum Gasteiger partial charge on any atom is -0.479 e. The third-order valence-electron chi connectivity index (χ3n) is 0.967. The lowest BCUT2D eigenvalue weighted by Crippen LogP contribution is -1.92. The van der Waals surface area contributed by atoms with Crippen LogP contribution in [0.3, 0.4) is 0 Å². The lowest BCUT2D eigenvalue weighted by Gasteiger charge is -1.97. The first kappa shape index (κ1) is 6.92. The molecule has 54 valence electrons. The van der Waals surface area contributed by atoms with Crippen molar-refractivity contribution in [2.24, 2.45) is 0 Å². The van der Waals surface area contributed by atoms with E-state index in [-0.39, 0.29) is 5.88 Å². The van der Waals surface area contributed by atoms with Crippen LogP contribution in [0.2, 0.25) is 0 Å². The second-order valence-electron chi connectivity index (χ2n) is 1.64. The summed E-state index contributed by atoms with van der Waals surface area (Å²) in [5.41, 5.74) is 0. The van der Waals surface area contributed by atoms with Crippen LogP contribution < -0.4 is 4.74 Å². The molecule has 4 heteroatoms. The summed E-state index contributed by atoms with van der Waals surface area (Å²) >= 11 is 0. The minimum absolute atomic E-state index is 0.193. The number of nitrogens with zero attached hydrogens (tertiary/aromatic N) is 1. The first-order valence-electron chi connectivity index (χ1n) is 2.59. The molecule has 1 aromatic rings. The molecule has 0 radical (unpaired) electrons. The van der Waals surface area contributed by atoms with Gasteiger partial charge in [-0.3, -0.25) is 0 Å². The Kier molecular flexibility index (Phi) is 1.80. The van der Waals surface area contributed by atoms with E-state index in [0.717, 1.165) is 6.20 Å². The second kappa shape index (κ2) is 2.60. The predicted molar refractivity (Wildman–Crippen MR) is 30.7 cm³/mol. The van der Waals surface area contributed by atoms with E-state index in [1.807, 2.05) is 0 Å². The molecule has 0 aliphatic rings. The van der Waals surface area contributed by atoms with Gasteiger partial charge in [0.05, 0.1) is 13.3 Å². The molecule has 0 atom stereocenters. The van der Waals surface area contributed by atoms with Gasteiger partial charge in [-0.2, -0.15) is 0 Å². The quantitative estimate of drug-likeness (QED) is 0.595. The summed E-state index contributed by atoms with van der Waals surface area (Å²) in [6, 6.07) is 0.714. The number of rotatable bonds is 1. The number of halogens is 2. The Morgan fingerprint density at radius 2 is 2.20 bits per heavy atom. The van der Waals surface area contributed by atoms with Crippen molar-refractivity contribution in [2.45, 2.75) is 0 Å². The van der Waals surface area contributed by atoms with Crippen LogP contribution in [-0.2, 0) is 0 Å². The van der Waals surface area contributed by atoms with Crippen molar-refractivity contribution < 1.29 is 13.5 Å². The summed E-state index contributed by atoms with van der Waals surface area (Å²) in [7, 11) is 1.27. The minimum atomic E-state index is -0.789. The summed E-state index contributed by atoms with van der Waals surface area (Å²) in [5, 5.41) is 0. The number of pyridine rings is 1. The number of methoxy groups -OCH3 is 1. The zero-order valence-electron chi connectivity index (χ0n) is 5.27. The second-order valence-corrected chi connectivity index (χ2v) is 1.64. The van der Waals surface area contributed by atoms with Crippen LogP contribution in [0.4, 0.5) is 8.78 Å². The Morgan fingerprint density at radius 3 is 2.70 bits per heavy atom. The zero-order valence-corrected chi connectivity index (χ0v) is 5.27. The summed E-state index contributed by atoms with van der Waals surface area (Å²) in [5.74, 6) is -1.69. The lowest BCUT2D eigenvalue weighted by atomic mass is 10.4. The van der Waals surface area contributed by atoms with Gasteiger partial charge in [0.2, 0.25) is 5.88 Å². The highest BCUT2D eigenvalue weighted by Gasteiger charge is 2.03. The molecule has 0 aliphatic heterocycles. The highest BCUT2D eigenvalue weighted by atomic mass is 19.1. The predicted octanol–water partition coefficient (Wildman–Crippen LogP) is 1.37. The van der Waals surface area contributed by atoms with Gasteiger partial charge in [-0.1, -0.05) is 0 Å². The average molecular weight is 145 g/mol. The molecule has 0 N–H and O–H groups in total. The third-order valence-corrected chi connectivity index (χ3v) is 0.967. The standard InChI is InChI=1S/C6H5F2NO/c1-10-6-5(8)2-4(7)3-9-6/h2-3H,1H3. The summed E-state index contributed by atoms with van der Waals surface area (Å²) in [6.07, 6.45) is 0.891. The Morgan fingerprint density at radius 1 is 1.50 bits per heavy atom. The monoisotopic (exact) mass is 145 g/mol. The van der Waals surface area contributed by atoms with Crippen LogP contribution in [0.5, 0.6) is 5.88 Å². The fourth-order valence-electron chi connectivity index (χ4n) is 0.552. The van der Waals surface area contributed by atoms with E-state index in [9.17, 15) is 8.78 Å². The molecule has 1 aromatic heterocycles. The van der Waals surface area contributed by atoms with Crippen molar-refractivity contribution in [3.63, 3.8) is 0 Å². The Hall–Kier alpha value is -1.19. The van der Waals surface area contributed by atoms with Crippen LogP contribution in [0.25, 0.3) is 0 Å². The van der Waals surface area contributed by atoms with Crippen molar-refractivity contribution >= 4 is 0 Å². The Labute approximate surface area is 56.5 Å². The van der Waals surface area contributed by atoms with Gasteiger partial charge in [0.15, 0.2) is 5.82 Å². The highest BCUT2D eigenvalue weighted by molar-refractivity contribution is 5.13. The van der Waals surface area contributed by atoms with E-state index < -0.39 is 11.6 Å². The first-order valence-corrected chi connectivity index (χ1v) is 2.59. The molecule has 1 rings (SSSR count). The van der Waals surface area contributed by atoms with Gasteiger partial charge in [-0.15, -0.1) is 0 Å². The molecule has 0 unspecified atom stereocenters. The SMILES string of the molecule is COc1ncc(F)cc1F. The van der Waals surface area contributed by atoms with Crippen LogP contribution in [0.15, 0.2) is 12.3 Å². The smallest absolute Gasteiger partial charge is 0.250 e. The molecule has 0 bridgehead atoms. The van der Waals surface area contributed by atoms with E-state index >= 15 is 0 Å². The molecule has 0 amide bonds. The molecular weight excluding hydrogens is 140 g/mol. The Balaban J connectivity index is 3.07. The van der Waals surface area contributed by atoms with Gasteiger partial charge in [0, 0.05) is 6.07 Å². The summed E-state index contributed by atoms with van der Waals surface area (Å²) in [6.45, 7) is 0. The summed E-state index contributed by atoms with van der Waals surface area (Å²) in [4.78, 5) is 3.32. The van der Waals surface area contributed by atoms with Crippen molar-refractivity contribution in [3.8, 4) is 5.88 Å². The number of hydrogen-bond donors (Lipinski definition) is 0. The maximum atomic E-state index is 12.4. The summed E-state index contributed by atoms with van der Waals surface area (Å²) < 4.78 is 29.0. The highest BCUT2D eigenvalue weighted by Crippen LogP contribution is 2.11. The molecule has 0 saturated heterocycles. The number of ether oxygens (including phenoxy) is 1. The van der Waals surface area contributed by atoms with Gasteiger partial charge in [-0.25, -0.2) is 13.8 Å². The van der Waals surface area contributed by atoms with E-state index in [4.69, 9.17) is 0 Å². The average Bonchev–Trinajstić information content (AvgIpc) is 1.88. The van der Waals surface area contributed by atoms with Gasteiger partial charge < -0.3 is 4.74 Å². The van der Waals surface area contributed by atoms with Gasteiger partial charge in [0.25, 0.3) is 0 Å². The molecule has 0 saturated carbocycles. The van der Waals surface area contributed by atoms with Crippen molar-refractivity contribution in [3.05, 3.63) is 23.9 Å². The van der Waals surface area contributed by atoms with Crippen molar-refractivity contribution in [1.29, 1.82) is 0 Å². The Bertz CT molecular complexity index is 239. The van der Waals surface area contributed by atoms with Crippen molar-refractivity contribution in [2.75, 3.05) is 7.11 Å². The number of hydrogen-bond acceptors (Lipinski definition) is 2. The van der Waals surface area contributed by atoms with Gasteiger partial charge >= 0.3 is 0 Å². The van der Waals surface area contributed by atoms with Crippen LogP contribution >= 0.6 is 0 Å². The van der Waals surface area contributed by atoms with Crippen molar-refractivity contribution in [1.82, 2.24) is 4.98 Å². The number of aromatic nitrogens is 1. The third kappa shape index (κ3) is 1.21. The van der Waals surface area contributed by atoms with E-state index in [0.29, 0.717) is 6.07 Å². The topological polar surface area (TPSA) is 22.1 Å². The van der Waals surface area contributed by atoms with Gasteiger partial charge in [-0.05, 0) is 0 Å². The molecule has 0 aromatic carbocycles. The molecule has 10 heavy (non-hydrogen) atoms. The maximum absolute atomic E-state index is 12.4. The molecule has 2 nitrogen and oxygen atoms in total. The van der Waals surface area contributed by atoms with Crippen LogP contribution in [-0.4, -0.2) is 12.1 Å². The van der Waals surface area contributed by atoms with E-state index in [1.54, 1.807) is 0 Å². The van der Waals surface area contributed by atoms with E-state index in [1.165, 1.54) is 7.11 Å². The van der Waals surface area contributed by atoms with Crippen LogP contribution in [0, 0.1) is 11.6 Å². The molecule has 0 fully saturated rings. The fourth-order valence-corrected chi connectivity index (χ4v) is 0.552. The first-order chi connectivity index (χ1) is 4.74. The normalized spacial score (nSPS) is 9.50. The lowest BCUT2D eigenvalue weighted by molar-refractivity contribution is 0.365. The fraction of sp³-hybridized carbons (Fsp3) is 0.167. The van der Waals surface area contributed by atoms with Crippen LogP contribution in [0.1, 0.15) is 0 Å². The zero-order chi connectivity index (χ0) is 7.56. The van der Waals surface area contributed by atoms with E-state index in [2.05, 4.69) is 9.72 Å². The van der Waals surface area contributed by atoms with Gasteiger partial charge in [0.1, 0.15) is 5.82 Å². The molecule has 1 heterocycles. The molecular formula is C6H5F2NO.